The van der Waals surface area contributed by atoms with E-state index in [2.05, 4.69) is 6.92 Å². The zero-order valence-electron chi connectivity index (χ0n) is 12.1. The van der Waals surface area contributed by atoms with Crippen molar-refractivity contribution in [1.82, 2.24) is 0 Å². The Bertz CT molecular complexity index is 618. The van der Waals surface area contributed by atoms with Crippen molar-refractivity contribution in [2.45, 2.75) is 45.5 Å². The fraction of sp³-hybridized carbons (Fsp3) is 0.625. The minimum absolute atomic E-state index is 0.0133. The molecule has 0 radical (unpaired) electrons. The quantitative estimate of drug-likeness (QED) is 0.684. The standard InChI is InChI=1S/C16H18O5/c1-15-4-3-5-16(2)12(15)10(20-14(16)19)6-8-9(15)7-11(17)21-13(8)18/h6-7,10,12-13,18H,3-5H2,1-2H3/t10-,12-,13-,15-,16+/m1/s1. The van der Waals surface area contributed by atoms with Crippen molar-refractivity contribution in [3.05, 3.63) is 23.3 Å². The molecule has 1 saturated heterocycles. The second-order valence-corrected chi connectivity index (χ2v) is 7.01. The largest absolute Gasteiger partial charge is 0.457 e. The van der Waals surface area contributed by atoms with Crippen molar-refractivity contribution in [2.75, 3.05) is 0 Å². The van der Waals surface area contributed by atoms with Gasteiger partial charge in [-0.3, -0.25) is 4.79 Å². The molecule has 4 rings (SSSR count). The Morgan fingerprint density at radius 1 is 1.19 bits per heavy atom. The monoisotopic (exact) mass is 290 g/mol. The van der Waals surface area contributed by atoms with Gasteiger partial charge in [0.25, 0.3) is 0 Å². The van der Waals surface area contributed by atoms with Gasteiger partial charge < -0.3 is 14.6 Å². The van der Waals surface area contributed by atoms with Crippen LogP contribution in [0.1, 0.15) is 33.1 Å². The third-order valence-corrected chi connectivity index (χ3v) is 5.83. The van der Waals surface area contributed by atoms with E-state index in [0.29, 0.717) is 5.57 Å². The van der Waals surface area contributed by atoms with Crippen molar-refractivity contribution in [3.63, 3.8) is 0 Å². The molecule has 0 aromatic rings. The summed E-state index contributed by atoms with van der Waals surface area (Å²) in [4.78, 5) is 24.0. The van der Waals surface area contributed by atoms with Gasteiger partial charge in [0.2, 0.25) is 6.29 Å². The lowest BCUT2D eigenvalue weighted by atomic mass is 9.50. The highest BCUT2D eigenvalue weighted by molar-refractivity contribution is 5.87. The highest BCUT2D eigenvalue weighted by Gasteiger charge is 2.65. The first-order valence-electron chi connectivity index (χ1n) is 7.40. The molecule has 1 saturated carbocycles. The fourth-order valence-electron chi connectivity index (χ4n) is 4.94. The molecule has 5 heteroatoms. The third-order valence-electron chi connectivity index (χ3n) is 5.83. The number of cyclic esters (lactones) is 1. The predicted octanol–water partition coefficient (Wildman–Crippen LogP) is 1.47. The Kier molecular flexibility index (Phi) is 2.35. The first-order valence-corrected chi connectivity index (χ1v) is 7.40. The molecule has 5 nitrogen and oxygen atoms in total. The molecule has 2 heterocycles. The molecule has 0 aromatic carbocycles. The van der Waals surface area contributed by atoms with Gasteiger partial charge in [0.1, 0.15) is 6.10 Å². The minimum Gasteiger partial charge on any atom is -0.457 e. The average molecular weight is 290 g/mol. The van der Waals surface area contributed by atoms with Crippen molar-refractivity contribution < 1.29 is 24.2 Å². The normalized spacial score (nSPS) is 47.7. The van der Waals surface area contributed by atoms with Crippen LogP contribution in [0.15, 0.2) is 23.3 Å². The van der Waals surface area contributed by atoms with Crippen molar-refractivity contribution in [3.8, 4) is 0 Å². The molecular formula is C16H18O5. The minimum atomic E-state index is -1.26. The van der Waals surface area contributed by atoms with Crippen LogP contribution in [0.2, 0.25) is 0 Å². The highest BCUT2D eigenvalue weighted by Crippen LogP contribution is 2.64. The molecule has 0 amide bonds. The second-order valence-electron chi connectivity index (χ2n) is 7.01. The van der Waals surface area contributed by atoms with Gasteiger partial charge in [-0.1, -0.05) is 13.3 Å². The lowest BCUT2D eigenvalue weighted by Crippen LogP contribution is -2.51. The summed E-state index contributed by atoms with van der Waals surface area (Å²) < 4.78 is 10.4. The number of ether oxygens (including phenoxy) is 2. The Labute approximate surface area is 122 Å². The third kappa shape index (κ3) is 1.45. The van der Waals surface area contributed by atoms with Crippen LogP contribution in [0, 0.1) is 16.7 Å². The zero-order chi connectivity index (χ0) is 15.0. The number of carbonyl (C=O) groups is 2. The topological polar surface area (TPSA) is 72.8 Å². The van der Waals surface area contributed by atoms with Gasteiger partial charge in [-0.15, -0.1) is 0 Å². The number of rotatable bonds is 0. The average Bonchev–Trinajstić information content (AvgIpc) is 2.65. The van der Waals surface area contributed by atoms with E-state index in [1.807, 2.05) is 6.92 Å². The van der Waals surface area contributed by atoms with E-state index >= 15 is 0 Å². The van der Waals surface area contributed by atoms with Crippen LogP contribution < -0.4 is 0 Å². The molecule has 2 aliphatic carbocycles. The molecule has 1 N–H and O–H groups in total. The van der Waals surface area contributed by atoms with E-state index in [9.17, 15) is 14.7 Å². The van der Waals surface area contributed by atoms with E-state index in [-0.39, 0.29) is 23.4 Å². The van der Waals surface area contributed by atoms with E-state index in [1.165, 1.54) is 6.08 Å². The van der Waals surface area contributed by atoms with Crippen LogP contribution in [-0.4, -0.2) is 29.4 Å². The molecule has 2 aliphatic heterocycles. The SMILES string of the molecule is C[C@@]12CCC[C@]3(C)C4=CC(=O)O[C@@H](O)C4=C[C@@H](OC1=O)[C@@H]23. The number of hydrogen-bond donors (Lipinski definition) is 1. The molecule has 0 spiro atoms. The maximum absolute atomic E-state index is 12.3. The number of esters is 2. The van der Waals surface area contributed by atoms with Crippen LogP contribution in [0.5, 0.6) is 0 Å². The summed E-state index contributed by atoms with van der Waals surface area (Å²) in [6.07, 6.45) is 4.23. The lowest BCUT2D eigenvalue weighted by Gasteiger charge is -2.52. The molecule has 0 bridgehead atoms. The van der Waals surface area contributed by atoms with Crippen LogP contribution >= 0.6 is 0 Å². The molecule has 0 unspecified atom stereocenters. The van der Waals surface area contributed by atoms with E-state index in [4.69, 9.17) is 9.47 Å². The maximum atomic E-state index is 12.3. The first-order chi connectivity index (χ1) is 9.86. The van der Waals surface area contributed by atoms with E-state index in [1.54, 1.807) is 6.08 Å². The zero-order valence-corrected chi connectivity index (χ0v) is 12.1. The van der Waals surface area contributed by atoms with Gasteiger partial charge in [0, 0.05) is 23.0 Å². The Hall–Kier alpha value is -1.62. The van der Waals surface area contributed by atoms with Gasteiger partial charge in [-0.2, -0.15) is 0 Å². The predicted molar refractivity (Wildman–Crippen MR) is 71.7 cm³/mol. The summed E-state index contributed by atoms with van der Waals surface area (Å²) in [5.41, 5.74) is 0.551. The van der Waals surface area contributed by atoms with Crippen LogP contribution in [-0.2, 0) is 19.1 Å². The van der Waals surface area contributed by atoms with Gasteiger partial charge >= 0.3 is 11.9 Å². The molecule has 2 fully saturated rings. The number of aliphatic hydroxyl groups excluding tert-OH is 1. The smallest absolute Gasteiger partial charge is 0.333 e. The first kappa shape index (κ1) is 13.1. The van der Waals surface area contributed by atoms with Gasteiger partial charge in [-0.05, 0) is 31.4 Å². The second kappa shape index (κ2) is 3.77. The number of aliphatic hydroxyl groups is 1. The molecule has 0 aromatic heterocycles. The van der Waals surface area contributed by atoms with Crippen LogP contribution in [0.4, 0.5) is 0 Å². The summed E-state index contributed by atoms with van der Waals surface area (Å²) >= 11 is 0. The molecule has 4 aliphatic rings. The van der Waals surface area contributed by atoms with Gasteiger partial charge in [-0.25, -0.2) is 4.79 Å². The summed E-state index contributed by atoms with van der Waals surface area (Å²) in [5.74, 6) is -0.674. The van der Waals surface area contributed by atoms with Crippen molar-refractivity contribution in [1.29, 1.82) is 0 Å². The van der Waals surface area contributed by atoms with Gasteiger partial charge in [0.05, 0.1) is 5.41 Å². The number of fused-ring (bicyclic) bond motifs is 2. The summed E-state index contributed by atoms with van der Waals surface area (Å²) in [5, 5.41) is 10.0. The molecule has 21 heavy (non-hydrogen) atoms. The molecule has 112 valence electrons. The summed E-state index contributed by atoms with van der Waals surface area (Å²) in [6, 6.07) is 0. The van der Waals surface area contributed by atoms with Crippen molar-refractivity contribution in [2.24, 2.45) is 16.7 Å². The van der Waals surface area contributed by atoms with Crippen molar-refractivity contribution >= 4 is 11.9 Å². The summed E-state index contributed by atoms with van der Waals surface area (Å²) in [6.45, 7) is 4.04. The van der Waals surface area contributed by atoms with Gasteiger partial charge in [0.15, 0.2) is 0 Å². The van der Waals surface area contributed by atoms with E-state index < -0.39 is 17.7 Å². The summed E-state index contributed by atoms with van der Waals surface area (Å²) in [7, 11) is 0. The van der Waals surface area contributed by atoms with Crippen LogP contribution in [0.3, 0.4) is 0 Å². The number of hydrogen-bond acceptors (Lipinski definition) is 5. The Morgan fingerprint density at radius 3 is 2.67 bits per heavy atom. The van der Waals surface area contributed by atoms with E-state index in [0.717, 1.165) is 24.8 Å². The lowest BCUT2D eigenvalue weighted by molar-refractivity contribution is -0.158. The maximum Gasteiger partial charge on any atom is 0.333 e. The highest BCUT2D eigenvalue weighted by atomic mass is 16.6. The molecule has 5 atom stereocenters. The van der Waals surface area contributed by atoms with Crippen LogP contribution in [0.25, 0.3) is 0 Å². The fourth-order valence-corrected chi connectivity index (χ4v) is 4.94. The number of carbonyl (C=O) groups excluding carboxylic acids is 2. The Balaban J connectivity index is 1.94. The Morgan fingerprint density at radius 2 is 1.90 bits per heavy atom. The molecular weight excluding hydrogens is 272 g/mol.